The van der Waals surface area contributed by atoms with Gasteiger partial charge in [-0.2, -0.15) is 0 Å². The van der Waals surface area contributed by atoms with Crippen LogP contribution >= 0.6 is 0 Å². The lowest BCUT2D eigenvalue weighted by molar-refractivity contribution is -0.117. The van der Waals surface area contributed by atoms with Gasteiger partial charge in [0.2, 0.25) is 5.91 Å². The number of amides is 1. The number of primary amides is 1. The number of hydrogen-bond acceptors (Lipinski definition) is 3. The normalized spacial score (nSPS) is 8.93. The molecule has 14 heavy (non-hydrogen) atoms. The third kappa shape index (κ3) is 2.79. The van der Waals surface area contributed by atoms with Crippen LogP contribution in [-0.2, 0) is 4.79 Å². The average Bonchev–Trinajstić information content (AvgIpc) is 2.08. The lowest BCUT2D eigenvalue weighted by Crippen LogP contribution is -2.08. The third-order valence-corrected chi connectivity index (χ3v) is 1.62. The van der Waals surface area contributed by atoms with Gasteiger partial charge in [-0.1, -0.05) is 11.8 Å². The first kappa shape index (κ1) is 10.1. The van der Waals surface area contributed by atoms with Crippen molar-refractivity contribution in [1.29, 1.82) is 0 Å². The van der Waals surface area contributed by atoms with Crippen LogP contribution in [-0.4, -0.2) is 10.9 Å². The van der Waals surface area contributed by atoms with Gasteiger partial charge in [0, 0.05) is 11.8 Å². The van der Waals surface area contributed by atoms with Crippen molar-refractivity contribution in [3.63, 3.8) is 0 Å². The van der Waals surface area contributed by atoms with Gasteiger partial charge in [-0.05, 0) is 18.6 Å². The van der Waals surface area contributed by atoms with Gasteiger partial charge in [0.05, 0.1) is 6.42 Å². The number of hydrogen-bond donors (Lipinski definition) is 2. The molecule has 0 spiro atoms. The molecule has 1 aromatic heterocycles. The Morgan fingerprint density at radius 2 is 2.36 bits per heavy atom. The zero-order chi connectivity index (χ0) is 10.6. The minimum absolute atomic E-state index is 0.0593. The average molecular weight is 189 g/mol. The van der Waals surface area contributed by atoms with Crippen molar-refractivity contribution in [2.45, 2.75) is 13.3 Å². The number of pyridine rings is 1. The summed E-state index contributed by atoms with van der Waals surface area (Å²) in [5.74, 6) is 5.49. The lowest BCUT2D eigenvalue weighted by Gasteiger charge is -1.97. The number of nitrogens with two attached hydrogens (primary N) is 2. The van der Waals surface area contributed by atoms with Crippen molar-refractivity contribution in [2.24, 2.45) is 5.73 Å². The second-order valence-electron chi connectivity index (χ2n) is 2.87. The van der Waals surface area contributed by atoms with Crippen LogP contribution in [0.1, 0.15) is 17.5 Å². The SMILES string of the molecule is Cc1cc(N)ncc1C#CCC(N)=O. The Balaban J connectivity index is 2.85. The standard InChI is InChI=1S/C10H11N3O/c1-7-5-9(11)13-6-8(7)3-2-4-10(12)14/h5-6H,4H2,1H3,(H2,11,13)(H2,12,14). The molecular formula is C10H11N3O. The highest BCUT2D eigenvalue weighted by Crippen LogP contribution is 2.07. The van der Waals surface area contributed by atoms with Crippen LogP contribution in [0.2, 0.25) is 0 Å². The van der Waals surface area contributed by atoms with Gasteiger partial charge in [0.15, 0.2) is 0 Å². The minimum Gasteiger partial charge on any atom is -0.384 e. The predicted octanol–water partition coefficient (Wildman–Crippen LogP) is 0.199. The summed E-state index contributed by atoms with van der Waals surface area (Å²) in [6, 6.07) is 1.73. The molecule has 4 N–H and O–H groups in total. The van der Waals surface area contributed by atoms with E-state index in [2.05, 4.69) is 16.8 Å². The van der Waals surface area contributed by atoms with E-state index in [0.29, 0.717) is 5.82 Å². The van der Waals surface area contributed by atoms with Crippen LogP contribution in [0.5, 0.6) is 0 Å². The minimum atomic E-state index is -0.432. The zero-order valence-corrected chi connectivity index (χ0v) is 7.87. The number of nitrogens with zero attached hydrogens (tertiary/aromatic N) is 1. The Labute approximate surface area is 82.3 Å². The number of rotatable bonds is 1. The quantitative estimate of drug-likeness (QED) is 0.619. The second kappa shape index (κ2) is 4.28. The van der Waals surface area contributed by atoms with E-state index in [1.807, 2.05) is 6.92 Å². The smallest absolute Gasteiger partial charge is 0.229 e. The fraction of sp³-hybridized carbons (Fsp3) is 0.200. The molecule has 72 valence electrons. The van der Waals surface area contributed by atoms with Crippen molar-refractivity contribution >= 4 is 11.7 Å². The highest BCUT2D eigenvalue weighted by atomic mass is 16.1. The Morgan fingerprint density at radius 1 is 1.64 bits per heavy atom. The van der Waals surface area contributed by atoms with Crippen molar-refractivity contribution in [2.75, 3.05) is 5.73 Å². The van der Waals surface area contributed by atoms with Gasteiger partial charge in [-0.25, -0.2) is 4.98 Å². The summed E-state index contributed by atoms with van der Waals surface area (Å²) >= 11 is 0. The van der Waals surface area contributed by atoms with Gasteiger partial charge < -0.3 is 11.5 Å². The van der Waals surface area contributed by atoms with Crippen LogP contribution in [0.25, 0.3) is 0 Å². The summed E-state index contributed by atoms with van der Waals surface area (Å²) < 4.78 is 0. The van der Waals surface area contributed by atoms with Crippen LogP contribution < -0.4 is 11.5 Å². The van der Waals surface area contributed by atoms with Gasteiger partial charge in [-0.15, -0.1) is 0 Å². The van der Waals surface area contributed by atoms with Crippen molar-refractivity contribution < 1.29 is 4.79 Å². The molecule has 4 nitrogen and oxygen atoms in total. The molecule has 0 bridgehead atoms. The molecule has 1 amide bonds. The Hall–Kier alpha value is -2.02. The van der Waals surface area contributed by atoms with Crippen LogP contribution in [0.15, 0.2) is 12.3 Å². The summed E-state index contributed by atoms with van der Waals surface area (Å²) in [4.78, 5) is 14.3. The van der Waals surface area contributed by atoms with Crippen molar-refractivity contribution in [3.8, 4) is 11.8 Å². The maximum Gasteiger partial charge on any atom is 0.229 e. The number of aromatic nitrogens is 1. The summed E-state index contributed by atoms with van der Waals surface area (Å²) in [6.45, 7) is 1.88. The van der Waals surface area contributed by atoms with Gasteiger partial charge in [0.25, 0.3) is 0 Å². The number of carbonyl (C=O) groups is 1. The van der Waals surface area contributed by atoms with E-state index < -0.39 is 5.91 Å². The summed E-state index contributed by atoms with van der Waals surface area (Å²) in [7, 11) is 0. The Kier molecular flexibility index (Phi) is 3.08. The number of aryl methyl sites for hydroxylation is 1. The summed E-state index contributed by atoms with van der Waals surface area (Å²) in [5.41, 5.74) is 12.1. The highest BCUT2D eigenvalue weighted by Gasteiger charge is 1.95. The molecule has 1 rings (SSSR count). The molecule has 0 aliphatic heterocycles. The first-order valence-corrected chi connectivity index (χ1v) is 4.09. The Bertz CT molecular complexity index is 415. The monoisotopic (exact) mass is 189 g/mol. The van der Waals surface area contributed by atoms with E-state index >= 15 is 0 Å². The maximum absolute atomic E-state index is 10.4. The largest absolute Gasteiger partial charge is 0.384 e. The molecule has 4 heteroatoms. The van der Waals surface area contributed by atoms with E-state index in [0.717, 1.165) is 11.1 Å². The van der Waals surface area contributed by atoms with E-state index in [1.54, 1.807) is 12.3 Å². The van der Waals surface area contributed by atoms with Crippen molar-refractivity contribution in [3.05, 3.63) is 23.4 Å². The predicted molar refractivity (Wildman–Crippen MR) is 54.1 cm³/mol. The molecule has 0 saturated heterocycles. The van der Waals surface area contributed by atoms with Crippen LogP contribution in [0.4, 0.5) is 5.82 Å². The number of anilines is 1. The zero-order valence-electron chi connectivity index (χ0n) is 7.87. The number of nitrogen functional groups attached to an aromatic ring is 1. The van der Waals surface area contributed by atoms with E-state index in [-0.39, 0.29) is 6.42 Å². The fourth-order valence-electron chi connectivity index (χ4n) is 0.935. The first-order valence-electron chi connectivity index (χ1n) is 4.09. The molecule has 0 fully saturated rings. The fourth-order valence-corrected chi connectivity index (χ4v) is 0.935. The van der Waals surface area contributed by atoms with E-state index in [9.17, 15) is 4.79 Å². The lowest BCUT2D eigenvalue weighted by atomic mass is 10.1. The maximum atomic E-state index is 10.4. The topological polar surface area (TPSA) is 82.0 Å². The van der Waals surface area contributed by atoms with Crippen molar-refractivity contribution in [1.82, 2.24) is 4.98 Å². The third-order valence-electron chi connectivity index (χ3n) is 1.62. The first-order chi connectivity index (χ1) is 6.59. The van der Waals surface area contributed by atoms with Crippen LogP contribution in [0, 0.1) is 18.8 Å². The van der Waals surface area contributed by atoms with Gasteiger partial charge in [0.1, 0.15) is 5.82 Å². The molecule has 0 aliphatic rings. The van der Waals surface area contributed by atoms with E-state index in [1.165, 1.54) is 0 Å². The molecular weight excluding hydrogens is 178 g/mol. The second-order valence-corrected chi connectivity index (χ2v) is 2.87. The molecule has 1 aromatic rings. The molecule has 0 unspecified atom stereocenters. The molecule has 0 atom stereocenters. The van der Waals surface area contributed by atoms with Crippen LogP contribution in [0.3, 0.4) is 0 Å². The molecule has 0 aromatic carbocycles. The summed E-state index contributed by atoms with van der Waals surface area (Å²) in [5, 5.41) is 0. The van der Waals surface area contributed by atoms with E-state index in [4.69, 9.17) is 11.5 Å². The van der Waals surface area contributed by atoms with Gasteiger partial charge in [-0.3, -0.25) is 4.79 Å². The van der Waals surface area contributed by atoms with Gasteiger partial charge >= 0.3 is 0 Å². The number of carbonyl (C=O) groups excluding carboxylic acids is 1. The summed E-state index contributed by atoms with van der Waals surface area (Å²) in [6.07, 6.45) is 1.64. The molecule has 0 radical (unpaired) electrons. The highest BCUT2D eigenvalue weighted by molar-refractivity contribution is 5.76. The molecule has 1 heterocycles. The molecule has 0 aliphatic carbocycles. The Morgan fingerprint density at radius 3 is 2.93 bits per heavy atom. The molecule has 0 saturated carbocycles.